The molecule has 0 heterocycles. The molecule has 23 heavy (non-hydrogen) atoms. The molecule has 132 valence electrons. The van der Waals surface area contributed by atoms with Gasteiger partial charge in [0, 0.05) is 6.42 Å². The maximum absolute atomic E-state index is 11.9. The zero-order chi connectivity index (χ0) is 18.2. The number of carbonyl (C=O) groups is 4. The van der Waals surface area contributed by atoms with Gasteiger partial charge in [0.15, 0.2) is 0 Å². The molecule has 0 saturated heterocycles. The molecular formula is C14H25N3O6. The topological polar surface area (TPSA) is 159 Å². The molecule has 0 aromatic rings. The maximum atomic E-state index is 11.9. The minimum Gasteiger partial charge on any atom is -0.481 e. The van der Waals surface area contributed by atoms with Crippen LogP contribution < -0.4 is 16.4 Å². The number of carbonyl (C=O) groups excluding carboxylic acids is 2. The fraction of sp³-hybridized carbons (Fsp3) is 0.714. The van der Waals surface area contributed by atoms with Crippen LogP contribution in [-0.4, -0.2) is 52.1 Å². The fourth-order valence-corrected chi connectivity index (χ4v) is 1.82. The van der Waals surface area contributed by atoms with Gasteiger partial charge in [-0.3, -0.25) is 14.4 Å². The lowest BCUT2D eigenvalue weighted by Crippen LogP contribution is -2.53. The van der Waals surface area contributed by atoms with E-state index in [4.69, 9.17) is 15.9 Å². The Balaban J connectivity index is 4.53. The van der Waals surface area contributed by atoms with Gasteiger partial charge in [0.1, 0.15) is 12.1 Å². The molecule has 0 aromatic heterocycles. The first-order valence-corrected chi connectivity index (χ1v) is 7.35. The van der Waals surface area contributed by atoms with Crippen molar-refractivity contribution in [3.05, 3.63) is 0 Å². The molecule has 0 spiro atoms. The van der Waals surface area contributed by atoms with Gasteiger partial charge in [-0.25, -0.2) is 4.79 Å². The number of hydrogen-bond donors (Lipinski definition) is 5. The third-order valence-electron chi connectivity index (χ3n) is 3.08. The second-order valence-electron chi connectivity index (χ2n) is 5.80. The first-order chi connectivity index (χ1) is 10.5. The molecule has 9 nitrogen and oxygen atoms in total. The van der Waals surface area contributed by atoms with Crippen molar-refractivity contribution in [2.45, 2.75) is 58.2 Å². The average Bonchev–Trinajstić information content (AvgIpc) is 2.41. The lowest BCUT2D eigenvalue weighted by Gasteiger charge is -2.20. The normalized spacial score (nSPS) is 14.7. The van der Waals surface area contributed by atoms with Crippen molar-refractivity contribution in [3.63, 3.8) is 0 Å². The van der Waals surface area contributed by atoms with Gasteiger partial charge in [-0.15, -0.1) is 0 Å². The van der Waals surface area contributed by atoms with Crippen LogP contribution in [0.1, 0.15) is 40.0 Å². The molecule has 0 aliphatic heterocycles. The van der Waals surface area contributed by atoms with E-state index in [1.807, 2.05) is 13.8 Å². The summed E-state index contributed by atoms with van der Waals surface area (Å²) in [4.78, 5) is 45.2. The summed E-state index contributed by atoms with van der Waals surface area (Å²) in [6, 6.07) is -3.07. The van der Waals surface area contributed by atoms with Crippen molar-refractivity contribution in [2.24, 2.45) is 11.7 Å². The van der Waals surface area contributed by atoms with Crippen LogP contribution in [0.3, 0.4) is 0 Å². The number of amides is 2. The van der Waals surface area contributed by atoms with Crippen LogP contribution in [0.5, 0.6) is 0 Å². The molecule has 0 bridgehead atoms. The average molecular weight is 331 g/mol. The number of aliphatic carboxylic acids is 2. The molecule has 3 atom stereocenters. The molecule has 2 amide bonds. The number of carboxylic acids is 2. The van der Waals surface area contributed by atoms with Crippen molar-refractivity contribution in [2.75, 3.05) is 0 Å². The highest BCUT2D eigenvalue weighted by molar-refractivity contribution is 5.91. The van der Waals surface area contributed by atoms with Crippen molar-refractivity contribution < 1.29 is 29.4 Å². The first kappa shape index (κ1) is 20.8. The highest BCUT2D eigenvalue weighted by atomic mass is 16.4. The smallest absolute Gasteiger partial charge is 0.326 e. The first-order valence-electron chi connectivity index (χ1n) is 7.35. The summed E-state index contributed by atoms with van der Waals surface area (Å²) in [7, 11) is 0. The molecule has 0 rings (SSSR count). The van der Waals surface area contributed by atoms with Crippen LogP contribution in [0.2, 0.25) is 0 Å². The second kappa shape index (κ2) is 9.78. The molecule has 6 N–H and O–H groups in total. The van der Waals surface area contributed by atoms with E-state index >= 15 is 0 Å². The summed E-state index contributed by atoms with van der Waals surface area (Å²) in [5.41, 5.74) is 5.69. The predicted molar refractivity (Wildman–Crippen MR) is 81.5 cm³/mol. The van der Waals surface area contributed by atoms with Crippen LogP contribution in [0.25, 0.3) is 0 Å². The van der Waals surface area contributed by atoms with Gasteiger partial charge in [0.05, 0.1) is 6.04 Å². The number of carboxylic acid groups (broad SMARTS) is 2. The lowest BCUT2D eigenvalue weighted by molar-refractivity contribution is -0.143. The third kappa shape index (κ3) is 8.77. The van der Waals surface area contributed by atoms with Crippen LogP contribution in [0.4, 0.5) is 0 Å². The summed E-state index contributed by atoms with van der Waals surface area (Å²) in [5, 5.41) is 22.1. The Morgan fingerprint density at radius 3 is 2.00 bits per heavy atom. The Morgan fingerprint density at radius 1 is 1.00 bits per heavy atom. The quantitative estimate of drug-likeness (QED) is 0.354. The van der Waals surface area contributed by atoms with E-state index < -0.39 is 48.3 Å². The Hall–Kier alpha value is -2.16. The van der Waals surface area contributed by atoms with Gasteiger partial charge >= 0.3 is 11.9 Å². The highest BCUT2D eigenvalue weighted by Crippen LogP contribution is 2.03. The van der Waals surface area contributed by atoms with Gasteiger partial charge in [0.25, 0.3) is 0 Å². The van der Waals surface area contributed by atoms with Crippen molar-refractivity contribution in [3.8, 4) is 0 Å². The molecular weight excluding hydrogens is 306 g/mol. The van der Waals surface area contributed by atoms with Gasteiger partial charge < -0.3 is 26.6 Å². The van der Waals surface area contributed by atoms with E-state index in [0.29, 0.717) is 6.42 Å². The SMILES string of the molecule is CC(C)C[C@@H](N)C(=O)N[C@@H](C)C(=O)N[C@@H](CCC(=O)O)C(=O)O. The molecule has 0 aliphatic carbocycles. The fourth-order valence-electron chi connectivity index (χ4n) is 1.82. The zero-order valence-corrected chi connectivity index (χ0v) is 13.5. The standard InChI is InChI=1S/C14H25N3O6/c1-7(2)6-9(15)13(21)16-8(3)12(20)17-10(14(22)23)4-5-11(18)19/h7-10H,4-6,15H2,1-3H3,(H,16,21)(H,17,20)(H,18,19)(H,22,23)/t8-,9+,10-/m0/s1. The number of nitrogens with two attached hydrogens (primary N) is 1. The minimum absolute atomic E-state index is 0.215. The maximum Gasteiger partial charge on any atom is 0.326 e. The zero-order valence-electron chi connectivity index (χ0n) is 13.5. The second-order valence-corrected chi connectivity index (χ2v) is 5.80. The largest absolute Gasteiger partial charge is 0.481 e. The Morgan fingerprint density at radius 2 is 1.57 bits per heavy atom. The van der Waals surface area contributed by atoms with Crippen LogP contribution in [-0.2, 0) is 19.2 Å². The lowest BCUT2D eigenvalue weighted by atomic mass is 10.0. The van der Waals surface area contributed by atoms with Crippen molar-refractivity contribution >= 4 is 23.8 Å². The van der Waals surface area contributed by atoms with Gasteiger partial charge in [0.2, 0.25) is 11.8 Å². The molecule has 9 heteroatoms. The monoisotopic (exact) mass is 331 g/mol. The van der Waals surface area contributed by atoms with E-state index in [-0.39, 0.29) is 12.3 Å². The Labute approximate surface area is 134 Å². The summed E-state index contributed by atoms with van der Waals surface area (Å²) >= 11 is 0. The van der Waals surface area contributed by atoms with E-state index in [9.17, 15) is 19.2 Å². The number of hydrogen-bond acceptors (Lipinski definition) is 5. The van der Waals surface area contributed by atoms with Crippen LogP contribution >= 0.6 is 0 Å². The molecule has 0 fully saturated rings. The predicted octanol–water partition coefficient (Wildman–Crippen LogP) is -0.701. The Bertz CT molecular complexity index is 452. The Kier molecular flexibility index (Phi) is 8.86. The molecule has 0 unspecified atom stereocenters. The van der Waals surface area contributed by atoms with Crippen LogP contribution in [0, 0.1) is 5.92 Å². The van der Waals surface area contributed by atoms with Gasteiger partial charge in [-0.1, -0.05) is 13.8 Å². The molecule has 0 radical (unpaired) electrons. The van der Waals surface area contributed by atoms with Crippen molar-refractivity contribution in [1.82, 2.24) is 10.6 Å². The molecule has 0 saturated carbocycles. The van der Waals surface area contributed by atoms with E-state index in [0.717, 1.165) is 0 Å². The summed E-state index contributed by atoms with van der Waals surface area (Å²) in [5.74, 6) is -3.50. The summed E-state index contributed by atoms with van der Waals surface area (Å²) < 4.78 is 0. The third-order valence-corrected chi connectivity index (χ3v) is 3.08. The van der Waals surface area contributed by atoms with E-state index in [2.05, 4.69) is 10.6 Å². The summed E-state index contributed by atoms with van der Waals surface area (Å²) in [6.07, 6.45) is -0.183. The van der Waals surface area contributed by atoms with Gasteiger partial charge in [-0.2, -0.15) is 0 Å². The summed E-state index contributed by atoms with van der Waals surface area (Å²) in [6.45, 7) is 5.21. The highest BCUT2D eigenvalue weighted by Gasteiger charge is 2.25. The minimum atomic E-state index is -1.34. The molecule has 0 aliphatic rings. The van der Waals surface area contributed by atoms with Crippen molar-refractivity contribution in [1.29, 1.82) is 0 Å². The number of nitrogens with one attached hydrogen (secondary N) is 2. The van der Waals surface area contributed by atoms with E-state index in [1.165, 1.54) is 6.92 Å². The van der Waals surface area contributed by atoms with Crippen LogP contribution in [0.15, 0.2) is 0 Å². The van der Waals surface area contributed by atoms with Gasteiger partial charge in [-0.05, 0) is 25.7 Å². The molecule has 0 aromatic carbocycles. The van der Waals surface area contributed by atoms with E-state index in [1.54, 1.807) is 0 Å². The number of rotatable bonds is 10.